The molecule has 0 fully saturated rings. The van der Waals surface area contributed by atoms with E-state index in [0.717, 1.165) is 25.9 Å². The van der Waals surface area contributed by atoms with E-state index in [-0.39, 0.29) is 6.10 Å². The summed E-state index contributed by atoms with van der Waals surface area (Å²) in [5.74, 6) is 0. The summed E-state index contributed by atoms with van der Waals surface area (Å²) < 4.78 is 10.5. The van der Waals surface area contributed by atoms with Crippen LogP contribution in [0.1, 0.15) is 30.9 Å². The van der Waals surface area contributed by atoms with Crippen molar-refractivity contribution in [2.45, 2.75) is 25.4 Å². The summed E-state index contributed by atoms with van der Waals surface area (Å²) in [5, 5.41) is 0. The first kappa shape index (κ1) is 12.2. The van der Waals surface area contributed by atoms with Crippen molar-refractivity contribution in [3.63, 3.8) is 0 Å². The largest absolute Gasteiger partial charge is 0.385 e. The summed E-state index contributed by atoms with van der Waals surface area (Å²) in [6.07, 6.45) is 3.52. The van der Waals surface area contributed by atoms with E-state index in [1.807, 2.05) is 6.07 Å². The maximum absolute atomic E-state index is 5.48. The Morgan fingerprint density at radius 2 is 1.80 bits per heavy atom. The van der Waals surface area contributed by atoms with Crippen LogP contribution in [0, 0.1) is 0 Å². The molecular weight excluding hydrogens is 188 g/mol. The van der Waals surface area contributed by atoms with Crippen molar-refractivity contribution in [3.05, 3.63) is 35.9 Å². The first-order chi connectivity index (χ1) is 7.38. The molecule has 2 nitrogen and oxygen atoms in total. The van der Waals surface area contributed by atoms with E-state index in [0.29, 0.717) is 0 Å². The molecule has 15 heavy (non-hydrogen) atoms. The summed E-state index contributed by atoms with van der Waals surface area (Å²) in [7, 11) is 3.51. The van der Waals surface area contributed by atoms with Gasteiger partial charge < -0.3 is 9.47 Å². The summed E-state index contributed by atoms with van der Waals surface area (Å²) in [6.45, 7) is 0.839. The second kappa shape index (κ2) is 7.43. The zero-order valence-corrected chi connectivity index (χ0v) is 9.61. The second-order valence-electron chi connectivity index (χ2n) is 3.62. The molecule has 0 aliphatic rings. The van der Waals surface area contributed by atoms with Gasteiger partial charge in [0.25, 0.3) is 0 Å². The molecule has 0 amide bonds. The van der Waals surface area contributed by atoms with Gasteiger partial charge >= 0.3 is 0 Å². The van der Waals surface area contributed by atoms with Crippen molar-refractivity contribution in [1.29, 1.82) is 0 Å². The zero-order valence-electron chi connectivity index (χ0n) is 9.61. The van der Waals surface area contributed by atoms with Crippen LogP contribution in [-0.4, -0.2) is 20.8 Å². The molecule has 1 atom stereocenters. The first-order valence-electron chi connectivity index (χ1n) is 5.45. The van der Waals surface area contributed by atoms with E-state index in [1.54, 1.807) is 14.2 Å². The third kappa shape index (κ3) is 4.45. The van der Waals surface area contributed by atoms with Crippen molar-refractivity contribution in [2.24, 2.45) is 0 Å². The third-order valence-corrected chi connectivity index (χ3v) is 2.52. The van der Waals surface area contributed by atoms with Gasteiger partial charge in [0.05, 0.1) is 6.10 Å². The van der Waals surface area contributed by atoms with E-state index in [1.165, 1.54) is 5.56 Å². The van der Waals surface area contributed by atoms with Gasteiger partial charge in [-0.3, -0.25) is 0 Å². The second-order valence-corrected chi connectivity index (χ2v) is 3.62. The lowest BCUT2D eigenvalue weighted by molar-refractivity contribution is 0.0901. The van der Waals surface area contributed by atoms with Crippen LogP contribution in [-0.2, 0) is 9.47 Å². The Morgan fingerprint density at radius 3 is 2.40 bits per heavy atom. The molecule has 0 spiro atoms. The highest BCUT2D eigenvalue weighted by atomic mass is 16.5. The average Bonchev–Trinajstić information content (AvgIpc) is 2.30. The number of benzene rings is 1. The molecule has 0 saturated carbocycles. The molecule has 1 aromatic carbocycles. The fraction of sp³-hybridized carbons (Fsp3) is 0.538. The SMILES string of the molecule is COCCCCC(OC)c1ccccc1. The van der Waals surface area contributed by atoms with Gasteiger partial charge in [-0.15, -0.1) is 0 Å². The van der Waals surface area contributed by atoms with Gasteiger partial charge in [-0.2, -0.15) is 0 Å². The fourth-order valence-electron chi connectivity index (χ4n) is 1.66. The smallest absolute Gasteiger partial charge is 0.0821 e. The van der Waals surface area contributed by atoms with Crippen LogP contribution < -0.4 is 0 Å². The number of ether oxygens (including phenoxy) is 2. The number of methoxy groups -OCH3 is 2. The van der Waals surface area contributed by atoms with Gasteiger partial charge in [-0.1, -0.05) is 30.3 Å². The van der Waals surface area contributed by atoms with Crippen LogP contribution in [0.2, 0.25) is 0 Å². The Kier molecular flexibility index (Phi) is 6.05. The summed E-state index contributed by atoms with van der Waals surface area (Å²) in [4.78, 5) is 0. The predicted molar refractivity (Wildman–Crippen MR) is 61.9 cm³/mol. The molecule has 2 heteroatoms. The monoisotopic (exact) mass is 208 g/mol. The number of unbranched alkanes of at least 4 members (excludes halogenated alkanes) is 1. The summed E-state index contributed by atoms with van der Waals surface area (Å²) >= 11 is 0. The molecule has 1 unspecified atom stereocenters. The van der Waals surface area contributed by atoms with Gasteiger partial charge in [0.1, 0.15) is 0 Å². The van der Waals surface area contributed by atoms with E-state index < -0.39 is 0 Å². The summed E-state index contributed by atoms with van der Waals surface area (Å²) in [6, 6.07) is 10.4. The van der Waals surface area contributed by atoms with Crippen molar-refractivity contribution in [1.82, 2.24) is 0 Å². The van der Waals surface area contributed by atoms with Gasteiger partial charge in [0, 0.05) is 20.8 Å². The Morgan fingerprint density at radius 1 is 1.07 bits per heavy atom. The van der Waals surface area contributed by atoms with Crippen LogP contribution in [0.25, 0.3) is 0 Å². The minimum atomic E-state index is 0.225. The topological polar surface area (TPSA) is 18.5 Å². The molecule has 0 radical (unpaired) electrons. The van der Waals surface area contributed by atoms with Gasteiger partial charge in [-0.25, -0.2) is 0 Å². The third-order valence-electron chi connectivity index (χ3n) is 2.52. The van der Waals surface area contributed by atoms with Gasteiger partial charge in [0.15, 0.2) is 0 Å². The lowest BCUT2D eigenvalue weighted by atomic mass is 10.0. The van der Waals surface area contributed by atoms with Crippen LogP contribution in [0.4, 0.5) is 0 Å². The number of hydrogen-bond acceptors (Lipinski definition) is 2. The lowest BCUT2D eigenvalue weighted by Crippen LogP contribution is -2.02. The first-order valence-corrected chi connectivity index (χ1v) is 5.45. The van der Waals surface area contributed by atoms with Gasteiger partial charge in [0.2, 0.25) is 0 Å². The standard InChI is InChI=1S/C13H20O2/c1-14-11-7-6-10-13(15-2)12-8-4-3-5-9-12/h3-5,8-9,13H,6-7,10-11H2,1-2H3. The zero-order chi connectivity index (χ0) is 10.9. The normalized spacial score (nSPS) is 12.7. The van der Waals surface area contributed by atoms with E-state index in [2.05, 4.69) is 24.3 Å². The fourth-order valence-corrected chi connectivity index (χ4v) is 1.66. The molecule has 0 aliphatic heterocycles. The molecule has 1 aromatic rings. The molecule has 0 saturated heterocycles. The van der Waals surface area contributed by atoms with Crippen LogP contribution in [0.5, 0.6) is 0 Å². The molecule has 0 bridgehead atoms. The van der Waals surface area contributed by atoms with E-state index in [9.17, 15) is 0 Å². The van der Waals surface area contributed by atoms with Crippen molar-refractivity contribution < 1.29 is 9.47 Å². The molecule has 0 aliphatic carbocycles. The van der Waals surface area contributed by atoms with E-state index in [4.69, 9.17) is 9.47 Å². The Labute approximate surface area is 92.2 Å². The number of rotatable bonds is 7. The van der Waals surface area contributed by atoms with E-state index >= 15 is 0 Å². The molecule has 0 heterocycles. The maximum atomic E-state index is 5.48. The minimum absolute atomic E-state index is 0.225. The highest BCUT2D eigenvalue weighted by Gasteiger charge is 2.08. The van der Waals surface area contributed by atoms with Crippen molar-refractivity contribution in [3.8, 4) is 0 Å². The van der Waals surface area contributed by atoms with Crippen LogP contribution in [0.3, 0.4) is 0 Å². The molecule has 84 valence electrons. The number of hydrogen-bond donors (Lipinski definition) is 0. The summed E-state index contributed by atoms with van der Waals surface area (Å²) in [5.41, 5.74) is 1.26. The molecular formula is C13H20O2. The molecule has 1 rings (SSSR count). The quantitative estimate of drug-likeness (QED) is 0.641. The van der Waals surface area contributed by atoms with Crippen LogP contribution >= 0.6 is 0 Å². The Hall–Kier alpha value is -0.860. The lowest BCUT2D eigenvalue weighted by Gasteiger charge is -2.15. The highest BCUT2D eigenvalue weighted by molar-refractivity contribution is 5.17. The molecule has 0 N–H and O–H groups in total. The molecule has 0 aromatic heterocycles. The Bertz CT molecular complexity index is 246. The average molecular weight is 208 g/mol. The van der Waals surface area contributed by atoms with Crippen LogP contribution in [0.15, 0.2) is 30.3 Å². The Balaban J connectivity index is 2.36. The maximum Gasteiger partial charge on any atom is 0.0821 e. The highest BCUT2D eigenvalue weighted by Crippen LogP contribution is 2.22. The predicted octanol–water partition coefficient (Wildman–Crippen LogP) is 3.19. The van der Waals surface area contributed by atoms with Crippen molar-refractivity contribution in [2.75, 3.05) is 20.8 Å². The minimum Gasteiger partial charge on any atom is -0.385 e. The van der Waals surface area contributed by atoms with Crippen molar-refractivity contribution >= 4 is 0 Å². The van der Waals surface area contributed by atoms with Gasteiger partial charge in [-0.05, 0) is 24.8 Å².